The van der Waals surface area contributed by atoms with Gasteiger partial charge in [0.1, 0.15) is 11.6 Å². The SMILES string of the molecule is Cc1sc(CNC(C)Cc2c(F)cccc2F)cc1Br. The first-order valence-electron chi connectivity index (χ1n) is 6.38. The summed E-state index contributed by atoms with van der Waals surface area (Å²) < 4.78 is 28.2. The van der Waals surface area contributed by atoms with Crippen LogP contribution in [0, 0.1) is 18.6 Å². The molecular formula is C15H16BrF2NS. The molecule has 2 aromatic rings. The maximum absolute atomic E-state index is 13.6. The van der Waals surface area contributed by atoms with Crippen molar-refractivity contribution in [2.75, 3.05) is 0 Å². The van der Waals surface area contributed by atoms with E-state index in [9.17, 15) is 8.78 Å². The van der Waals surface area contributed by atoms with E-state index in [4.69, 9.17) is 0 Å². The number of hydrogen-bond acceptors (Lipinski definition) is 2. The van der Waals surface area contributed by atoms with E-state index >= 15 is 0 Å². The summed E-state index contributed by atoms with van der Waals surface area (Å²) >= 11 is 5.19. The van der Waals surface area contributed by atoms with Crippen LogP contribution in [0.2, 0.25) is 0 Å². The first-order valence-corrected chi connectivity index (χ1v) is 7.99. The third-order valence-corrected chi connectivity index (χ3v) is 5.24. The summed E-state index contributed by atoms with van der Waals surface area (Å²) in [6.45, 7) is 4.69. The predicted octanol–water partition coefficient (Wildman–Crippen LogP) is 4.82. The molecule has 0 amide bonds. The molecule has 20 heavy (non-hydrogen) atoms. The van der Waals surface area contributed by atoms with Gasteiger partial charge in [0.25, 0.3) is 0 Å². The van der Waals surface area contributed by atoms with E-state index in [1.54, 1.807) is 11.3 Å². The number of rotatable bonds is 5. The first-order chi connectivity index (χ1) is 9.47. The Hall–Kier alpha value is -0.780. The quantitative estimate of drug-likeness (QED) is 0.806. The Morgan fingerprint density at radius 3 is 2.50 bits per heavy atom. The Kier molecular flexibility index (Phi) is 5.29. The van der Waals surface area contributed by atoms with Crippen molar-refractivity contribution in [3.05, 3.63) is 55.7 Å². The largest absolute Gasteiger partial charge is 0.309 e. The van der Waals surface area contributed by atoms with E-state index < -0.39 is 11.6 Å². The van der Waals surface area contributed by atoms with Crippen LogP contribution in [0.1, 0.15) is 22.2 Å². The normalized spacial score (nSPS) is 12.7. The lowest BCUT2D eigenvalue weighted by molar-refractivity contribution is 0.501. The van der Waals surface area contributed by atoms with Gasteiger partial charge < -0.3 is 5.32 Å². The fourth-order valence-electron chi connectivity index (χ4n) is 1.99. The molecule has 1 nitrogen and oxygen atoms in total. The molecule has 0 spiro atoms. The fourth-order valence-corrected chi connectivity index (χ4v) is 3.54. The number of nitrogens with one attached hydrogen (secondary N) is 1. The monoisotopic (exact) mass is 359 g/mol. The van der Waals surface area contributed by atoms with Gasteiger partial charge in [0.05, 0.1) is 0 Å². The van der Waals surface area contributed by atoms with Crippen molar-refractivity contribution in [3.63, 3.8) is 0 Å². The van der Waals surface area contributed by atoms with Gasteiger partial charge in [-0.05, 0) is 54.4 Å². The van der Waals surface area contributed by atoms with Gasteiger partial charge in [-0.25, -0.2) is 8.78 Å². The zero-order valence-electron chi connectivity index (χ0n) is 11.3. The zero-order chi connectivity index (χ0) is 14.7. The lowest BCUT2D eigenvalue weighted by atomic mass is 10.1. The molecule has 1 heterocycles. The summed E-state index contributed by atoms with van der Waals surface area (Å²) in [5.41, 5.74) is 0.149. The standard InChI is InChI=1S/C15H16BrF2NS/c1-9(6-12-14(17)4-3-5-15(12)18)19-8-11-7-13(16)10(2)20-11/h3-5,7,9,19H,6,8H2,1-2H3. The molecule has 0 saturated heterocycles. The third-order valence-electron chi connectivity index (χ3n) is 3.10. The third kappa shape index (κ3) is 3.87. The van der Waals surface area contributed by atoms with Gasteiger partial charge in [-0.1, -0.05) is 6.07 Å². The molecule has 0 aliphatic carbocycles. The molecule has 1 atom stereocenters. The van der Waals surface area contributed by atoms with Crippen LogP contribution in [0.15, 0.2) is 28.7 Å². The zero-order valence-corrected chi connectivity index (χ0v) is 13.7. The second kappa shape index (κ2) is 6.78. The average molecular weight is 360 g/mol. The smallest absolute Gasteiger partial charge is 0.129 e. The molecule has 0 aliphatic rings. The highest BCUT2D eigenvalue weighted by atomic mass is 79.9. The van der Waals surface area contributed by atoms with Gasteiger partial charge in [-0.3, -0.25) is 0 Å². The molecule has 0 fully saturated rings. The summed E-state index contributed by atoms with van der Waals surface area (Å²) in [6, 6.07) is 6.06. The van der Waals surface area contributed by atoms with Crippen molar-refractivity contribution in [2.45, 2.75) is 32.9 Å². The summed E-state index contributed by atoms with van der Waals surface area (Å²) in [4.78, 5) is 2.44. The summed E-state index contributed by atoms with van der Waals surface area (Å²) in [5.74, 6) is -0.957. The van der Waals surface area contributed by atoms with Gasteiger partial charge in [-0.15, -0.1) is 11.3 Å². The fraction of sp³-hybridized carbons (Fsp3) is 0.333. The Labute approximate surface area is 130 Å². The Morgan fingerprint density at radius 2 is 1.95 bits per heavy atom. The molecule has 0 aliphatic heterocycles. The maximum atomic E-state index is 13.6. The van der Waals surface area contributed by atoms with Crippen LogP contribution in [0.5, 0.6) is 0 Å². The van der Waals surface area contributed by atoms with E-state index in [2.05, 4.69) is 34.2 Å². The highest BCUT2D eigenvalue weighted by Crippen LogP contribution is 2.26. The van der Waals surface area contributed by atoms with Crippen LogP contribution in [0.25, 0.3) is 0 Å². The first kappa shape index (κ1) is 15.6. The number of halogens is 3. The molecule has 0 radical (unpaired) electrons. The van der Waals surface area contributed by atoms with Crippen LogP contribution in [0.4, 0.5) is 8.78 Å². The Morgan fingerprint density at radius 1 is 1.30 bits per heavy atom. The van der Waals surface area contributed by atoms with Crippen LogP contribution in [0.3, 0.4) is 0 Å². The molecule has 1 N–H and O–H groups in total. The molecule has 1 aromatic carbocycles. The summed E-state index contributed by atoms with van der Waals surface area (Å²) in [7, 11) is 0. The Bertz CT molecular complexity index is 558. The number of aryl methyl sites for hydroxylation is 1. The molecular weight excluding hydrogens is 344 g/mol. The van der Waals surface area contributed by atoms with E-state index in [1.165, 1.54) is 28.0 Å². The van der Waals surface area contributed by atoms with Crippen LogP contribution < -0.4 is 5.32 Å². The number of benzene rings is 1. The van der Waals surface area contributed by atoms with Crippen molar-refractivity contribution in [1.82, 2.24) is 5.32 Å². The van der Waals surface area contributed by atoms with Gasteiger partial charge in [0.15, 0.2) is 0 Å². The predicted molar refractivity (Wildman–Crippen MR) is 83.1 cm³/mol. The minimum atomic E-state index is -0.478. The molecule has 0 saturated carbocycles. The highest BCUT2D eigenvalue weighted by Gasteiger charge is 2.12. The van der Waals surface area contributed by atoms with E-state index in [-0.39, 0.29) is 11.6 Å². The van der Waals surface area contributed by atoms with E-state index in [1.807, 2.05) is 6.92 Å². The van der Waals surface area contributed by atoms with Gasteiger partial charge in [-0.2, -0.15) is 0 Å². The maximum Gasteiger partial charge on any atom is 0.129 e. The topological polar surface area (TPSA) is 12.0 Å². The average Bonchev–Trinajstić information content (AvgIpc) is 2.71. The number of thiophene rings is 1. The number of hydrogen-bond donors (Lipinski definition) is 1. The second-order valence-corrected chi connectivity index (χ2v) is 7.00. The molecule has 1 aromatic heterocycles. The molecule has 108 valence electrons. The highest BCUT2D eigenvalue weighted by molar-refractivity contribution is 9.10. The van der Waals surface area contributed by atoms with Crippen molar-refractivity contribution < 1.29 is 8.78 Å². The van der Waals surface area contributed by atoms with Gasteiger partial charge >= 0.3 is 0 Å². The molecule has 0 bridgehead atoms. The lowest BCUT2D eigenvalue weighted by Gasteiger charge is -2.14. The minimum absolute atomic E-state index is 0.00239. The summed E-state index contributed by atoms with van der Waals surface area (Å²) in [5, 5.41) is 3.30. The molecule has 1 unspecified atom stereocenters. The van der Waals surface area contributed by atoms with Crippen molar-refractivity contribution in [3.8, 4) is 0 Å². The van der Waals surface area contributed by atoms with Crippen molar-refractivity contribution in [1.29, 1.82) is 0 Å². The van der Waals surface area contributed by atoms with Crippen LogP contribution >= 0.6 is 27.3 Å². The van der Waals surface area contributed by atoms with E-state index in [0.29, 0.717) is 13.0 Å². The minimum Gasteiger partial charge on any atom is -0.309 e. The summed E-state index contributed by atoms with van der Waals surface area (Å²) in [6.07, 6.45) is 0.337. The lowest BCUT2D eigenvalue weighted by Crippen LogP contribution is -2.28. The van der Waals surface area contributed by atoms with Gasteiger partial charge in [0, 0.05) is 32.4 Å². The van der Waals surface area contributed by atoms with E-state index in [0.717, 1.165) is 4.47 Å². The van der Waals surface area contributed by atoms with Crippen LogP contribution in [-0.2, 0) is 13.0 Å². The second-order valence-electron chi connectivity index (χ2n) is 4.80. The van der Waals surface area contributed by atoms with Crippen molar-refractivity contribution >= 4 is 27.3 Å². The Balaban J connectivity index is 1.94. The van der Waals surface area contributed by atoms with Crippen molar-refractivity contribution in [2.24, 2.45) is 0 Å². The molecule has 2 rings (SSSR count). The van der Waals surface area contributed by atoms with Gasteiger partial charge in [0.2, 0.25) is 0 Å². The van der Waals surface area contributed by atoms with Crippen LogP contribution in [-0.4, -0.2) is 6.04 Å². The molecule has 5 heteroatoms.